The Hall–Kier alpha value is -3.17. The number of benzene rings is 2. The molecule has 2 aromatic carbocycles. The lowest BCUT2D eigenvalue weighted by molar-refractivity contribution is -0.136. The number of ether oxygens (including phenoxy) is 3. The van der Waals surface area contributed by atoms with E-state index in [-0.39, 0.29) is 0 Å². The van der Waals surface area contributed by atoms with Crippen LogP contribution in [0.2, 0.25) is 5.02 Å². The zero-order valence-electron chi connectivity index (χ0n) is 20.7. The van der Waals surface area contributed by atoms with Gasteiger partial charge in [-0.05, 0) is 48.7 Å². The van der Waals surface area contributed by atoms with Crippen molar-refractivity contribution in [1.29, 1.82) is 0 Å². The fourth-order valence-corrected chi connectivity index (χ4v) is 5.07. The number of esters is 1. The summed E-state index contributed by atoms with van der Waals surface area (Å²) in [6.45, 7) is 4.32. The molecule has 0 fully saturated rings. The van der Waals surface area contributed by atoms with Crippen LogP contribution in [0.1, 0.15) is 43.9 Å². The highest BCUT2D eigenvalue weighted by Crippen LogP contribution is 2.40. The van der Waals surface area contributed by atoms with Gasteiger partial charge in [0.25, 0.3) is 0 Å². The third-order valence-electron chi connectivity index (χ3n) is 5.75. The van der Waals surface area contributed by atoms with Gasteiger partial charge in [-0.2, -0.15) is 4.98 Å². The van der Waals surface area contributed by atoms with E-state index in [9.17, 15) is 4.79 Å². The van der Waals surface area contributed by atoms with Crippen molar-refractivity contribution in [2.45, 2.75) is 44.5 Å². The lowest BCUT2D eigenvalue weighted by atomic mass is 9.95. The summed E-state index contributed by atoms with van der Waals surface area (Å²) < 4.78 is 18.5. The van der Waals surface area contributed by atoms with Crippen LogP contribution in [-0.4, -0.2) is 40.7 Å². The average molecular weight is 529 g/mol. The second kappa shape index (κ2) is 11.7. The summed E-state index contributed by atoms with van der Waals surface area (Å²) in [7, 11) is 2.95. The molecule has 0 saturated carbocycles. The number of aromatic nitrogens is 3. The maximum absolute atomic E-state index is 12.8. The summed E-state index contributed by atoms with van der Waals surface area (Å²) in [6, 6.07) is 12.5. The van der Waals surface area contributed by atoms with Crippen molar-refractivity contribution in [1.82, 2.24) is 14.8 Å². The third-order valence-corrected chi connectivity index (χ3v) is 6.91. The van der Waals surface area contributed by atoms with Crippen molar-refractivity contribution in [3.05, 3.63) is 69.9 Å². The lowest BCUT2D eigenvalue weighted by Gasteiger charge is -2.28. The molecule has 0 amide bonds. The monoisotopic (exact) mass is 528 g/mol. The van der Waals surface area contributed by atoms with E-state index in [1.165, 1.54) is 7.11 Å². The number of hydrogen-bond donors (Lipinski definition) is 1. The molecule has 0 aliphatic carbocycles. The van der Waals surface area contributed by atoms with Gasteiger partial charge < -0.3 is 19.5 Å². The summed E-state index contributed by atoms with van der Waals surface area (Å²) >= 11 is 7.69. The maximum atomic E-state index is 12.8. The first-order valence-electron chi connectivity index (χ1n) is 11.7. The zero-order chi connectivity index (χ0) is 25.7. The highest BCUT2D eigenvalue weighted by atomic mass is 35.5. The van der Waals surface area contributed by atoms with Crippen LogP contribution in [0.15, 0.2) is 58.9 Å². The van der Waals surface area contributed by atoms with Gasteiger partial charge in [-0.1, -0.05) is 54.9 Å². The van der Waals surface area contributed by atoms with E-state index in [1.807, 2.05) is 49.4 Å². The van der Waals surface area contributed by atoms with E-state index < -0.39 is 12.0 Å². The minimum Gasteiger partial charge on any atom is -0.493 e. The molecule has 1 N–H and O–H groups in total. The van der Waals surface area contributed by atoms with Gasteiger partial charge in [-0.25, -0.2) is 9.48 Å². The van der Waals surface area contributed by atoms with Crippen LogP contribution >= 0.6 is 23.4 Å². The summed E-state index contributed by atoms with van der Waals surface area (Å²) in [5.41, 5.74) is 2.85. The van der Waals surface area contributed by atoms with Gasteiger partial charge in [0.2, 0.25) is 11.1 Å². The molecule has 2 heterocycles. The average Bonchev–Trinajstić information content (AvgIpc) is 3.28. The summed E-state index contributed by atoms with van der Waals surface area (Å²) in [6.07, 6.45) is 2.17. The van der Waals surface area contributed by atoms with Crippen LogP contribution in [0.4, 0.5) is 5.95 Å². The minimum atomic E-state index is -0.544. The van der Waals surface area contributed by atoms with Crippen LogP contribution < -0.4 is 14.8 Å². The standard InChI is InChI=1S/C26H29ClN4O4S/c1-5-6-12-36-26-29-25-28-16(2)22(24(32)34-4)23(31(25)30-26)18-10-11-20(21(14-18)33-3)35-15-17-8-7-9-19(27)13-17/h7-11,13-14,23H,5-6,12,15H2,1-4H3,(H,28,29,30). The molecule has 190 valence electrons. The number of nitrogens with one attached hydrogen (secondary N) is 1. The topological polar surface area (TPSA) is 87.5 Å². The number of allylic oxidation sites excluding steroid dienone is 1. The zero-order valence-corrected chi connectivity index (χ0v) is 22.3. The Morgan fingerprint density at radius 2 is 2.03 bits per heavy atom. The predicted molar refractivity (Wildman–Crippen MR) is 141 cm³/mol. The molecular formula is C26H29ClN4O4S. The molecule has 1 aliphatic rings. The minimum absolute atomic E-state index is 0.335. The Morgan fingerprint density at radius 1 is 1.19 bits per heavy atom. The van der Waals surface area contributed by atoms with Gasteiger partial charge >= 0.3 is 5.97 Å². The number of halogens is 1. The quantitative estimate of drug-likeness (QED) is 0.198. The van der Waals surface area contributed by atoms with Crippen LogP contribution in [0.3, 0.4) is 0 Å². The number of carbonyl (C=O) groups is 1. The Labute approximate surface area is 220 Å². The van der Waals surface area contributed by atoms with Gasteiger partial charge in [0.15, 0.2) is 11.5 Å². The summed E-state index contributed by atoms with van der Waals surface area (Å²) in [4.78, 5) is 17.5. The molecule has 10 heteroatoms. The molecule has 36 heavy (non-hydrogen) atoms. The van der Waals surface area contributed by atoms with Crippen LogP contribution in [-0.2, 0) is 16.1 Å². The lowest BCUT2D eigenvalue weighted by Crippen LogP contribution is -2.29. The van der Waals surface area contributed by atoms with E-state index >= 15 is 0 Å². The largest absolute Gasteiger partial charge is 0.493 e. The summed E-state index contributed by atoms with van der Waals surface area (Å²) in [5, 5.41) is 9.24. The molecule has 1 unspecified atom stereocenters. The third kappa shape index (κ3) is 5.63. The molecule has 3 aromatic rings. The van der Waals surface area contributed by atoms with Crippen molar-refractivity contribution in [3.63, 3.8) is 0 Å². The molecule has 1 atom stereocenters. The Bertz CT molecular complexity index is 1280. The maximum Gasteiger partial charge on any atom is 0.338 e. The number of unbranched alkanes of at least 4 members (excludes halogenated alkanes) is 1. The first-order chi connectivity index (χ1) is 17.4. The van der Waals surface area contributed by atoms with Gasteiger partial charge in [-0.3, -0.25) is 0 Å². The molecule has 0 saturated heterocycles. The van der Waals surface area contributed by atoms with E-state index in [2.05, 4.69) is 17.2 Å². The van der Waals surface area contributed by atoms with E-state index in [1.54, 1.807) is 23.6 Å². The Morgan fingerprint density at radius 3 is 2.75 bits per heavy atom. The van der Waals surface area contributed by atoms with Crippen LogP contribution in [0.5, 0.6) is 11.5 Å². The first kappa shape index (κ1) is 25.9. The number of thioether (sulfide) groups is 1. The van der Waals surface area contributed by atoms with E-state index in [0.717, 1.165) is 29.7 Å². The highest BCUT2D eigenvalue weighted by Gasteiger charge is 2.35. The van der Waals surface area contributed by atoms with Gasteiger partial charge in [0.1, 0.15) is 12.6 Å². The first-order valence-corrected chi connectivity index (χ1v) is 13.0. The second-order valence-electron chi connectivity index (χ2n) is 8.25. The Balaban J connectivity index is 1.68. The fraction of sp³-hybridized carbons (Fsp3) is 0.346. The van der Waals surface area contributed by atoms with Crippen molar-refractivity contribution in [2.24, 2.45) is 0 Å². The number of carbonyl (C=O) groups excluding carboxylic acids is 1. The number of fused-ring (bicyclic) bond motifs is 1. The van der Waals surface area contributed by atoms with Crippen LogP contribution in [0, 0.1) is 0 Å². The molecule has 0 radical (unpaired) electrons. The second-order valence-corrected chi connectivity index (χ2v) is 9.75. The number of rotatable bonds is 10. The molecule has 0 bridgehead atoms. The Kier molecular flexibility index (Phi) is 8.43. The molecule has 8 nitrogen and oxygen atoms in total. The van der Waals surface area contributed by atoms with Crippen molar-refractivity contribution in [2.75, 3.05) is 25.3 Å². The highest BCUT2D eigenvalue weighted by molar-refractivity contribution is 7.99. The number of hydrogen-bond acceptors (Lipinski definition) is 8. The van der Waals surface area contributed by atoms with Crippen LogP contribution in [0.25, 0.3) is 0 Å². The van der Waals surface area contributed by atoms with E-state index in [0.29, 0.717) is 45.5 Å². The SMILES string of the molecule is CCCCSc1nc2n(n1)C(c1ccc(OCc3cccc(Cl)c3)c(OC)c1)C(C(=O)OC)=C(C)N2. The molecule has 0 spiro atoms. The van der Waals surface area contributed by atoms with Gasteiger partial charge in [0.05, 0.1) is 19.8 Å². The van der Waals surface area contributed by atoms with Gasteiger partial charge in [-0.15, -0.1) is 5.10 Å². The smallest absolute Gasteiger partial charge is 0.338 e. The number of nitrogens with zero attached hydrogens (tertiary/aromatic N) is 3. The van der Waals surface area contributed by atoms with Gasteiger partial charge in [0, 0.05) is 16.5 Å². The number of methoxy groups -OCH3 is 2. The molecular weight excluding hydrogens is 500 g/mol. The predicted octanol–water partition coefficient (Wildman–Crippen LogP) is 5.87. The summed E-state index contributed by atoms with van der Waals surface area (Å²) in [5.74, 6) is 2.17. The van der Waals surface area contributed by atoms with E-state index in [4.69, 9.17) is 30.9 Å². The molecule has 1 aliphatic heterocycles. The fourth-order valence-electron chi connectivity index (χ4n) is 3.94. The normalized spacial score (nSPS) is 14.8. The van der Waals surface area contributed by atoms with Crippen molar-refractivity contribution >= 4 is 35.3 Å². The molecule has 1 aromatic heterocycles. The van der Waals surface area contributed by atoms with Crippen molar-refractivity contribution < 1.29 is 19.0 Å². The van der Waals surface area contributed by atoms with Crippen molar-refractivity contribution in [3.8, 4) is 11.5 Å². The molecule has 4 rings (SSSR count). The number of anilines is 1.